The van der Waals surface area contributed by atoms with E-state index in [9.17, 15) is 0 Å². The van der Waals surface area contributed by atoms with Gasteiger partial charge in [0.25, 0.3) is 0 Å². The van der Waals surface area contributed by atoms with Gasteiger partial charge in [-0.1, -0.05) is 12.1 Å². The van der Waals surface area contributed by atoms with Crippen LogP contribution in [0.5, 0.6) is 0 Å². The number of rotatable bonds is 2. The molecule has 0 fully saturated rings. The molecule has 2 N–H and O–H groups in total. The van der Waals surface area contributed by atoms with E-state index in [1.807, 2.05) is 24.3 Å². The number of para-hydroxylation sites is 1. The highest BCUT2D eigenvalue weighted by Crippen LogP contribution is 2.14. The van der Waals surface area contributed by atoms with Gasteiger partial charge in [-0.25, -0.2) is 4.68 Å². The van der Waals surface area contributed by atoms with Crippen molar-refractivity contribution in [1.29, 1.82) is 5.26 Å². The fourth-order valence-electron chi connectivity index (χ4n) is 1.46. The van der Waals surface area contributed by atoms with E-state index >= 15 is 0 Å². The van der Waals surface area contributed by atoms with Gasteiger partial charge in [0.2, 0.25) is 0 Å². The van der Waals surface area contributed by atoms with Crippen LogP contribution in [0.2, 0.25) is 0 Å². The zero-order valence-corrected chi connectivity index (χ0v) is 8.09. The molecule has 0 aliphatic carbocycles. The van der Waals surface area contributed by atoms with Crippen LogP contribution in [0.25, 0.3) is 5.69 Å². The van der Waals surface area contributed by atoms with E-state index in [-0.39, 0.29) is 0 Å². The number of nitriles is 1. The van der Waals surface area contributed by atoms with E-state index in [1.165, 1.54) is 0 Å². The molecule has 1 heterocycles. The first-order valence-electron chi connectivity index (χ1n) is 4.59. The van der Waals surface area contributed by atoms with Crippen molar-refractivity contribution in [2.75, 3.05) is 0 Å². The smallest absolute Gasteiger partial charge is 0.101 e. The highest BCUT2D eigenvalue weighted by atomic mass is 15.3. The fraction of sp³-hybridized carbons (Fsp3) is 0.0909. The maximum Gasteiger partial charge on any atom is 0.101 e. The van der Waals surface area contributed by atoms with E-state index < -0.39 is 0 Å². The lowest BCUT2D eigenvalue weighted by Crippen LogP contribution is -2.07. The lowest BCUT2D eigenvalue weighted by atomic mass is 10.2. The first kappa shape index (κ1) is 9.44. The SMILES string of the molecule is N#Cc1ccccc1-n1nccc1CN. The molecule has 2 rings (SSSR count). The van der Waals surface area contributed by atoms with Gasteiger partial charge in [-0.05, 0) is 18.2 Å². The van der Waals surface area contributed by atoms with Crippen LogP contribution in [0.4, 0.5) is 0 Å². The van der Waals surface area contributed by atoms with E-state index in [4.69, 9.17) is 11.0 Å². The third-order valence-electron chi connectivity index (χ3n) is 2.18. The van der Waals surface area contributed by atoms with Gasteiger partial charge in [0.05, 0.1) is 16.9 Å². The zero-order chi connectivity index (χ0) is 10.7. The third kappa shape index (κ3) is 1.60. The minimum atomic E-state index is 0.403. The Balaban J connectivity index is 2.59. The highest BCUT2D eigenvalue weighted by molar-refractivity contribution is 5.48. The largest absolute Gasteiger partial charge is 0.325 e. The molecule has 0 saturated heterocycles. The molecule has 1 aromatic heterocycles. The second-order valence-electron chi connectivity index (χ2n) is 3.07. The summed E-state index contributed by atoms with van der Waals surface area (Å²) in [6.07, 6.45) is 1.68. The molecule has 0 radical (unpaired) electrons. The minimum Gasteiger partial charge on any atom is -0.325 e. The van der Waals surface area contributed by atoms with Crippen LogP contribution in [0, 0.1) is 11.3 Å². The van der Waals surface area contributed by atoms with Crippen molar-refractivity contribution >= 4 is 0 Å². The van der Waals surface area contributed by atoms with Gasteiger partial charge in [-0.15, -0.1) is 0 Å². The van der Waals surface area contributed by atoms with Crippen molar-refractivity contribution in [3.8, 4) is 11.8 Å². The number of hydrogen-bond donors (Lipinski definition) is 1. The standard InChI is InChI=1S/C11H10N4/c12-7-9-3-1-2-4-11(9)15-10(8-13)5-6-14-15/h1-6H,8,13H2. The van der Waals surface area contributed by atoms with Crippen LogP contribution >= 0.6 is 0 Å². The lowest BCUT2D eigenvalue weighted by molar-refractivity contribution is 0.802. The molecule has 0 saturated carbocycles. The Labute approximate surface area is 87.6 Å². The molecule has 1 aromatic carbocycles. The topological polar surface area (TPSA) is 67.6 Å². The summed E-state index contributed by atoms with van der Waals surface area (Å²) in [7, 11) is 0. The summed E-state index contributed by atoms with van der Waals surface area (Å²) in [5.41, 5.74) is 7.83. The number of aromatic nitrogens is 2. The molecule has 0 aliphatic rings. The molecule has 15 heavy (non-hydrogen) atoms. The number of nitrogens with two attached hydrogens (primary N) is 1. The Bertz CT molecular complexity index is 507. The molecule has 4 nitrogen and oxygen atoms in total. The van der Waals surface area contributed by atoms with Crippen LogP contribution in [0.1, 0.15) is 11.3 Å². The van der Waals surface area contributed by atoms with Crippen LogP contribution in [-0.2, 0) is 6.54 Å². The summed E-state index contributed by atoms with van der Waals surface area (Å²) in [6, 6.07) is 11.3. The average Bonchev–Trinajstić information content (AvgIpc) is 2.76. The monoisotopic (exact) mass is 198 g/mol. The first-order chi connectivity index (χ1) is 7.36. The van der Waals surface area contributed by atoms with Gasteiger partial charge >= 0.3 is 0 Å². The maximum atomic E-state index is 8.96. The summed E-state index contributed by atoms with van der Waals surface area (Å²) < 4.78 is 1.69. The first-order valence-corrected chi connectivity index (χ1v) is 4.59. The van der Waals surface area contributed by atoms with Crippen molar-refractivity contribution in [3.05, 3.63) is 47.8 Å². The molecule has 0 bridgehead atoms. The molecular weight excluding hydrogens is 188 g/mol. The molecule has 4 heteroatoms. The van der Waals surface area contributed by atoms with Crippen LogP contribution in [-0.4, -0.2) is 9.78 Å². The second kappa shape index (κ2) is 3.95. The van der Waals surface area contributed by atoms with Gasteiger partial charge in [-0.2, -0.15) is 10.4 Å². The summed E-state index contributed by atoms with van der Waals surface area (Å²) in [5, 5.41) is 13.1. The normalized spacial score (nSPS) is 9.87. The lowest BCUT2D eigenvalue weighted by Gasteiger charge is -2.06. The molecule has 0 unspecified atom stereocenters. The fourth-order valence-corrected chi connectivity index (χ4v) is 1.46. The molecule has 74 valence electrons. The van der Waals surface area contributed by atoms with Gasteiger partial charge in [0.15, 0.2) is 0 Å². The average molecular weight is 198 g/mol. The Morgan fingerprint density at radius 2 is 2.13 bits per heavy atom. The van der Waals surface area contributed by atoms with Gasteiger partial charge in [0, 0.05) is 12.7 Å². The molecule has 0 atom stereocenters. The zero-order valence-electron chi connectivity index (χ0n) is 8.09. The summed E-state index contributed by atoms with van der Waals surface area (Å²) in [4.78, 5) is 0. The van der Waals surface area contributed by atoms with E-state index in [2.05, 4.69) is 11.2 Å². The van der Waals surface area contributed by atoms with Crippen molar-refractivity contribution < 1.29 is 0 Å². The summed E-state index contributed by atoms with van der Waals surface area (Å²) in [5.74, 6) is 0. The molecule has 2 aromatic rings. The van der Waals surface area contributed by atoms with Gasteiger partial charge in [0.1, 0.15) is 6.07 Å². The summed E-state index contributed by atoms with van der Waals surface area (Å²) in [6.45, 7) is 0.403. The number of benzene rings is 1. The quantitative estimate of drug-likeness (QED) is 0.788. The predicted molar refractivity (Wildman–Crippen MR) is 56.2 cm³/mol. The van der Waals surface area contributed by atoms with E-state index in [0.717, 1.165) is 11.4 Å². The Kier molecular flexibility index (Phi) is 2.48. The van der Waals surface area contributed by atoms with E-state index in [0.29, 0.717) is 12.1 Å². The Morgan fingerprint density at radius 3 is 2.87 bits per heavy atom. The molecule has 0 amide bonds. The van der Waals surface area contributed by atoms with Crippen molar-refractivity contribution in [2.45, 2.75) is 6.54 Å². The van der Waals surface area contributed by atoms with Crippen molar-refractivity contribution in [2.24, 2.45) is 5.73 Å². The molecule has 0 aliphatic heterocycles. The van der Waals surface area contributed by atoms with Crippen LogP contribution in [0.3, 0.4) is 0 Å². The third-order valence-corrected chi connectivity index (χ3v) is 2.18. The molecule has 0 spiro atoms. The number of hydrogen-bond acceptors (Lipinski definition) is 3. The highest BCUT2D eigenvalue weighted by Gasteiger charge is 2.06. The van der Waals surface area contributed by atoms with Gasteiger partial charge in [-0.3, -0.25) is 0 Å². The number of nitrogens with zero attached hydrogens (tertiary/aromatic N) is 3. The van der Waals surface area contributed by atoms with Crippen LogP contribution in [0.15, 0.2) is 36.5 Å². The summed E-state index contributed by atoms with van der Waals surface area (Å²) >= 11 is 0. The van der Waals surface area contributed by atoms with Crippen molar-refractivity contribution in [3.63, 3.8) is 0 Å². The molecular formula is C11H10N4. The van der Waals surface area contributed by atoms with E-state index in [1.54, 1.807) is 16.9 Å². The van der Waals surface area contributed by atoms with Gasteiger partial charge < -0.3 is 5.73 Å². The second-order valence-corrected chi connectivity index (χ2v) is 3.07. The minimum absolute atomic E-state index is 0.403. The van der Waals surface area contributed by atoms with Crippen molar-refractivity contribution in [1.82, 2.24) is 9.78 Å². The Morgan fingerprint density at radius 1 is 1.33 bits per heavy atom. The predicted octanol–water partition coefficient (Wildman–Crippen LogP) is 1.20. The van der Waals surface area contributed by atoms with Crippen LogP contribution < -0.4 is 5.73 Å². The maximum absolute atomic E-state index is 8.96. The Hall–Kier alpha value is -2.12.